The molecule has 3 heteroatoms. The van der Waals surface area contributed by atoms with Gasteiger partial charge in [0.1, 0.15) is 12.4 Å². The molecule has 0 unspecified atom stereocenters. The first-order valence-corrected chi connectivity index (χ1v) is 7.72. The molecule has 0 radical (unpaired) electrons. The van der Waals surface area contributed by atoms with Gasteiger partial charge < -0.3 is 15.0 Å². The smallest absolute Gasteiger partial charge is 0.120 e. The van der Waals surface area contributed by atoms with Gasteiger partial charge in [0, 0.05) is 30.2 Å². The molecule has 0 saturated carbocycles. The van der Waals surface area contributed by atoms with Crippen LogP contribution in [0.4, 0.5) is 0 Å². The van der Waals surface area contributed by atoms with Crippen LogP contribution in [-0.2, 0) is 19.7 Å². The summed E-state index contributed by atoms with van der Waals surface area (Å²) in [5.41, 5.74) is 10.7. The maximum absolute atomic E-state index is 5.97. The summed E-state index contributed by atoms with van der Waals surface area (Å²) in [5.74, 6) is 0.910. The van der Waals surface area contributed by atoms with Gasteiger partial charge in [-0.25, -0.2) is 0 Å². The van der Waals surface area contributed by atoms with Crippen LogP contribution in [0.5, 0.6) is 5.75 Å². The van der Waals surface area contributed by atoms with Gasteiger partial charge in [-0.15, -0.1) is 0 Å². The molecular weight excluding hydrogens is 272 g/mol. The van der Waals surface area contributed by atoms with E-state index in [1.165, 1.54) is 27.6 Å². The zero-order chi connectivity index (χ0) is 15.5. The standard InChI is InChI=1S/C19H22N2O/c1-3-21-12-16(13-22-17-8-4-6-14(2)10-17)18-9-5-7-15(11-20)19(18)21/h4-10,12H,3,11,13,20H2,1-2H3. The summed E-state index contributed by atoms with van der Waals surface area (Å²) < 4.78 is 8.22. The third-order valence-electron chi connectivity index (χ3n) is 4.01. The number of para-hydroxylation sites is 1. The zero-order valence-corrected chi connectivity index (χ0v) is 13.2. The molecular formula is C19H22N2O. The Morgan fingerprint density at radius 3 is 2.64 bits per heavy atom. The van der Waals surface area contributed by atoms with Gasteiger partial charge in [0.05, 0.1) is 5.52 Å². The predicted octanol–water partition coefficient (Wildman–Crippen LogP) is 4.01. The summed E-state index contributed by atoms with van der Waals surface area (Å²) in [6.45, 7) is 6.28. The molecule has 3 rings (SSSR count). The summed E-state index contributed by atoms with van der Waals surface area (Å²) in [7, 11) is 0. The number of nitrogens with two attached hydrogens (primary N) is 1. The van der Waals surface area contributed by atoms with Gasteiger partial charge in [-0.3, -0.25) is 0 Å². The fraction of sp³-hybridized carbons (Fsp3) is 0.263. The van der Waals surface area contributed by atoms with Crippen molar-refractivity contribution in [2.24, 2.45) is 5.73 Å². The molecule has 0 bridgehead atoms. The van der Waals surface area contributed by atoms with E-state index in [0.29, 0.717) is 13.2 Å². The topological polar surface area (TPSA) is 40.2 Å². The van der Waals surface area contributed by atoms with Crippen LogP contribution in [0.2, 0.25) is 0 Å². The van der Waals surface area contributed by atoms with E-state index < -0.39 is 0 Å². The number of nitrogens with zero attached hydrogens (tertiary/aromatic N) is 1. The molecule has 3 nitrogen and oxygen atoms in total. The maximum Gasteiger partial charge on any atom is 0.120 e. The first-order chi connectivity index (χ1) is 10.7. The number of fused-ring (bicyclic) bond motifs is 1. The second kappa shape index (κ2) is 6.24. The van der Waals surface area contributed by atoms with Crippen molar-refractivity contribution < 1.29 is 4.74 Å². The SMILES string of the molecule is CCn1cc(COc2cccc(C)c2)c2cccc(CN)c21. The summed E-state index contributed by atoms with van der Waals surface area (Å²) in [6, 6.07) is 14.5. The second-order valence-corrected chi connectivity index (χ2v) is 5.56. The van der Waals surface area contributed by atoms with E-state index in [1.807, 2.05) is 12.1 Å². The van der Waals surface area contributed by atoms with E-state index in [2.05, 4.69) is 54.9 Å². The molecule has 3 aromatic rings. The minimum atomic E-state index is 0.555. The molecule has 114 valence electrons. The summed E-state index contributed by atoms with van der Waals surface area (Å²) in [5, 5.41) is 1.23. The Balaban J connectivity index is 1.94. The average Bonchev–Trinajstić information content (AvgIpc) is 2.91. The van der Waals surface area contributed by atoms with Gasteiger partial charge in [0.25, 0.3) is 0 Å². The second-order valence-electron chi connectivity index (χ2n) is 5.56. The molecule has 0 atom stereocenters. The van der Waals surface area contributed by atoms with Gasteiger partial charge in [-0.05, 0) is 37.1 Å². The van der Waals surface area contributed by atoms with Crippen molar-refractivity contribution in [3.8, 4) is 5.75 Å². The van der Waals surface area contributed by atoms with Crippen LogP contribution in [0, 0.1) is 6.92 Å². The van der Waals surface area contributed by atoms with E-state index in [4.69, 9.17) is 10.5 Å². The highest BCUT2D eigenvalue weighted by molar-refractivity contribution is 5.86. The molecule has 2 N–H and O–H groups in total. The lowest BCUT2D eigenvalue weighted by Crippen LogP contribution is -2.00. The lowest BCUT2D eigenvalue weighted by Gasteiger charge is -2.06. The Labute approximate surface area is 131 Å². The Kier molecular flexibility index (Phi) is 4.16. The van der Waals surface area contributed by atoms with Crippen molar-refractivity contribution in [3.63, 3.8) is 0 Å². The Morgan fingerprint density at radius 1 is 1.09 bits per heavy atom. The summed E-state index contributed by atoms with van der Waals surface area (Å²) >= 11 is 0. The fourth-order valence-electron chi connectivity index (χ4n) is 2.91. The highest BCUT2D eigenvalue weighted by atomic mass is 16.5. The summed E-state index contributed by atoms with van der Waals surface area (Å²) in [6.07, 6.45) is 2.18. The molecule has 0 aliphatic heterocycles. The van der Waals surface area contributed by atoms with Gasteiger partial charge in [-0.1, -0.05) is 30.3 Å². The number of ether oxygens (including phenoxy) is 1. The van der Waals surface area contributed by atoms with Crippen molar-refractivity contribution in [1.29, 1.82) is 0 Å². The van der Waals surface area contributed by atoms with E-state index in [-0.39, 0.29) is 0 Å². The van der Waals surface area contributed by atoms with Gasteiger partial charge in [-0.2, -0.15) is 0 Å². The van der Waals surface area contributed by atoms with Gasteiger partial charge in [0.2, 0.25) is 0 Å². The van der Waals surface area contributed by atoms with Crippen LogP contribution in [-0.4, -0.2) is 4.57 Å². The first kappa shape index (κ1) is 14.7. The summed E-state index contributed by atoms with van der Waals surface area (Å²) in [4.78, 5) is 0. The number of hydrogen-bond donors (Lipinski definition) is 1. The molecule has 22 heavy (non-hydrogen) atoms. The Morgan fingerprint density at radius 2 is 1.91 bits per heavy atom. The molecule has 0 saturated heterocycles. The van der Waals surface area contributed by atoms with Crippen molar-refractivity contribution in [1.82, 2.24) is 4.57 Å². The molecule has 0 fully saturated rings. The van der Waals surface area contributed by atoms with Crippen molar-refractivity contribution in [2.45, 2.75) is 33.5 Å². The Bertz CT molecular complexity index is 789. The predicted molar refractivity (Wildman–Crippen MR) is 91.0 cm³/mol. The Hall–Kier alpha value is -2.26. The van der Waals surface area contributed by atoms with Crippen molar-refractivity contribution >= 4 is 10.9 Å². The number of rotatable bonds is 5. The monoisotopic (exact) mass is 294 g/mol. The van der Waals surface area contributed by atoms with E-state index >= 15 is 0 Å². The zero-order valence-electron chi connectivity index (χ0n) is 13.2. The molecule has 1 aromatic heterocycles. The normalized spacial score (nSPS) is 11.0. The van der Waals surface area contributed by atoms with Gasteiger partial charge >= 0.3 is 0 Å². The van der Waals surface area contributed by atoms with E-state index in [0.717, 1.165) is 12.3 Å². The molecule has 0 spiro atoms. The number of hydrogen-bond acceptors (Lipinski definition) is 2. The molecule has 0 aliphatic rings. The van der Waals surface area contributed by atoms with E-state index in [9.17, 15) is 0 Å². The molecule has 0 amide bonds. The van der Waals surface area contributed by atoms with Crippen molar-refractivity contribution in [3.05, 3.63) is 65.4 Å². The number of aromatic nitrogens is 1. The quantitative estimate of drug-likeness (QED) is 0.772. The number of benzene rings is 2. The number of aryl methyl sites for hydroxylation is 2. The van der Waals surface area contributed by atoms with Crippen LogP contribution >= 0.6 is 0 Å². The minimum Gasteiger partial charge on any atom is -0.489 e. The third-order valence-corrected chi connectivity index (χ3v) is 4.01. The van der Waals surface area contributed by atoms with Crippen LogP contribution in [0.25, 0.3) is 10.9 Å². The first-order valence-electron chi connectivity index (χ1n) is 7.72. The van der Waals surface area contributed by atoms with Crippen LogP contribution in [0.1, 0.15) is 23.6 Å². The van der Waals surface area contributed by atoms with Crippen LogP contribution in [0.3, 0.4) is 0 Å². The van der Waals surface area contributed by atoms with Crippen LogP contribution < -0.4 is 10.5 Å². The average molecular weight is 294 g/mol. The maximum atomic E-state index is 5.97. The largest absolute Gasteiger partial charge is 0.489 e. The van der Waals surface area contributed by atoms with Crippen LogP contribution in [0.15, 0.2) is 48.7 Å². The lowest BCUT2D eigenvalue weighted by molar-refractivity contribution is 0.307. The van der Waals surface area contributed by atoms with Gasteiger partial charge in [0.15, 0.2) is 0 Å². The highest BCUT2D eigenvalue weighted by Crippen LogP contribution is 2.26. The van der Waals surface area contributed by atoms with E-state index in [1.54, 1.807) is 0 Å². The van der Waals surface area contributed by atoms with Crippen molar-refractivity contribution in [2.75, 3.05) is 0 Å². The third kappa shape index (κ3) is 2.72. The molecule has 0 aliphatic carbocycles. The lowest BCUT2D eigenvalue weighted by atomic mass is 10.1. The molecule has 1 heterocycles. The fourth-order valence-corrected chi connectivity index (χ4v) is 2.91. The molecule has 2 aromatic carbocycles. The minimum absolute atomic E-state index is 0.555. The highest BCUT2D eigenvalue weighted by Gasteiger charge is 2.11.